The zero-order chi connectivity index (χ0) is 13.3. The predicted molar refractivity (Wildman–Crippen MR) is 71.5 cm³/mol. The maximum Gasteiger partial charge on any atom is 0.231 e. The summed E-state index contributed by atoms with van der Waals surface area (Å²) in [6.07, 6.45) is 0. The van der Waals surface area contributed by atoms with Crippen LogP contribution in [-0.2, 0) is 0 Å². The number of carbonyl (C=O) groups excluding carboxylic acids is 1. The highest BCUT2D eigenvalue weighted by Crippen LogP contribution is 2.33. The molecular formula is C11H15B2NO4. The third-order valence-electron chi connectivity index (χ3n) is 2.65. The summed E-state index contributed by atoms with van der Waals surface area (Å²) in [5, 5.41) is 12.9. The van der Waals surface area contributed by atoms with Crippen molar-refractivity contribution in [3.8, 4) is 11.5 Å². The van der Waals surface area contributed by atoms with Gasteiger partial charge < -0.3 is 14.6 Å². The Morgan fingerprint density at radius 1 is 1.44 bits per heavy atom. The number of Topliss-reactive ketones (excluding diaryl/α,β-unsaturated/α-hetero) is 1. The molecule has 0 fully saturated rings. The number of hydrogen-bond donors (Lipinski definition) is 2. The van der Waals surface area contributed by atoms with E-state index in [1.165, 1.54) is 6.92 Å². The zero-order valence-corrected chi connectivity index (χ0v) is 10.7. The summed E-state index contributed by atoms with van der Waals surface area (Å²) in [4.78, 5) is 12.2. The van der Waals surface area contributed by atoms with Crippen molar-refractivity contribution in [1.29, 1.82) is 0 Å². The molecule has 5 nitrogen and oxygen atoms in total. The van der Waals surface area contributed by atoms with Crippen LogP contribution in [0.1, 0.15) is 17.3 Å². The highest BCUT2D eigenvalue weighted by atomic mass is 16.7. The number of ether oxygens (including phenoxy) is 2. The van der Waals surface area contributed by atoms with Crippen molar-refractivity contribution in [3.05, 3.63) is 23.8 Å². The molecule has 0 unspecified atom stereocenters. The highest BCUT2D eigenvalue weighted by Gasteiger charge is 2.32. The Kier molecular flexibility index (Phi) is 3.36. The quantitative estimate of drug-likeness (QED) is 0.383. The first kappa shape index (κ1) is 13.0. The van der Waals surface area contributed by atoms with E-state index in [0.717, 1.165) is 0 Å². The van der Waals surface area contributed by atoms with Gasteiger partial charge in [-0.1, -0.05) is 0 Å². The summed E-state index contributed by atoms with van der Waals surface area (Å²) in [5.41, 5.74) is -1.21. The van der Waals surface area contributed by atoms with Gasteiger partial charge in [-0.3, -0.25) is 10.1 Å². The minimum Gasteiger partial charge on any atom is -0.454 e. The van der Waals surface area contributed by atoms with Crippen molar-refractivity contribution < 1.29 is 19.4 Å². The molecule has 0 aromatic heterocycles. The van der Waals surface area contributed by atoms with E-state index < -0.39 is 11.5 Å². The maximum absolute atomic E-state index is 12.2. The lowest BCUT2D eigenvalue weighted by atomic mass is 9.77. The molecule has 1 aliphatic heterocycles. The number of benzene rings is 1. The fourth-order valence-corrected chi connectivity index (χ4v) is 1.95. The Bertz CT molecular complexity index is 476. The van der Waals surface area contributed by atoms with Crippen LogP contribution >= 0.6 is 0 Å². The van der Waals surface area contributed by atoms with Gasteiger partial charge in [-0.15, -0.1) is 0 Å². The lowest BCUT2D eigenvalue weighted by Gasteiger charge is -2.26. The van der Waals surface area contributed by atoms with Crippen molar-refractivity contribution >= 4 is 21.5 Å². The molecule has 0 saturated carbocycles. The summed E-state index contributed by atoms with van der Waals surface area (Å²) >= 11 is 0. The molecule has 0 amide bonds. The van der Waals surface area contributed by atoms with Crippen molar-refractivity contribution in [2.45, 2.75) is 18.5 Å². The first-order valence-corrected chi connectivity index (χ1v) is 5.84. The van der Waals surface area contributed by atoms with Gasteiger partial charge in [-0.05, 0) is 31.0 Å². The van der Waals surface area contributed by atoms with E-state index in [2.05, 4.69) is 5.32 Å². The summed E-state index contributed by atoms with van der Waals surface area (Å²) in [6, 6.07) is 4.87. The second-order valence-electron chi connectivity index (χ2n) is 4.77. The van der Waals surface area contributed by atoms with E-state index in [4.69, 9.17) is 9.47 Å². The summed E-state index contributed by atoms with van der Waals surface area (Å²) in [7, 11) is 3.72. The van der Waals surface area contributed by atoms with Gasteiger partial charge in [0.2, 0.25) is 12.6 Å². The van der Waals surface area contributed by atoms with Gasteiger partial charge in [0.1, 0.15) is 15.7 Å². The normalized spacial score (nSPS) is 16.6. The Morgan fingerprint density at radius 2 is 2.11 bits per heavy atom. The van der Waals surface area contributed by atoms with Crippen LogP contribution in [0.4, 0.5) is 0 Å². The molecule has 0 radical (unpaired) electrons. The van der Waals surface area contributed by atoms with Crippen LogP contribution in [0.2, 0.25) is 0 Å². The third kappa shape index (κ3) is 2.52. The maximum atomic E-state index is 12.2. The number of ketones is 1. The largest absolute Gasteiger partial charge is 0.454 e. The van der Waals surface area contributed by atoms with E-state index in [1.54, 1.807) is 18.2 Å². The molecular weight excluding hydrogens is 232 g/mol. The second-order valence-corrected chi connectivity index (χ2v) is 4.77. The van der Waals surface area contributed by atoms with Crippen LogP contribution in [-0.4, -0.2) is 44.9 Å². The molecule has 18 heavy (non-hydrogen) atoms. The number of nitrogens with one attached hydrogen (secondary N) is 1. The predicted octanol–water partition coefficient (Wildman–Crippen LogP) is -1.55. The van der Waals surface area contributed by atoms with Gasteiger partial charge in [-0.2, -0.15) is 0 Å². The van der Waals surface area contributed by atoms with E-state index >= 15 is 0 Å². The fourth-order valence-electron chi connectivity index (χ4n) is 1.95. The molecule has 1 aromatic carbocycles. The summed E-state index contributed by atoms with van der Waals surface area (Å²) < 4.78 is 10.4. The number of fused-ring (bicyclic) bond motifs is 1. The van der Waals surface area contributed by atoms with Crippen molar-refractivity contribution in [1.82, 2.24) is 5.32 Å². The van der Waals surface area contributed by atoms with Crippen LogP contribution in [0.25, 0.3) is 0 Å². The standard InChI is InChI=1S/C11H15B2NO4/c1-11(16,14-10(12)13)9(15)6-2-3-7-8(4-6)18-5-17-7/h2-4,10,14,16H,5,12-13H2,1H3/t11-/m0/s1. The summed E-state index contributed by atoms with van der Waals surface area (Å²) in [5.74, 6) is 0.747. The number of aliphatic hydroxyl groups is 1. The van der Waals surface area contributed by atoms with E-state index in [1.807, 2.05) is 15.7 Å². The minimum absolute atomic E-state index is 0.00189. The van der Waals surface area contributed by atoms with Gasteiger partial charge in [0.25, 0.3) is 0 Å². The monoisotopic (exact) mass is 247 g/mol. The van der Waals surface area contributed by atoms with Crippen molar-refractivity contribution in [2.24, 2.45) is 0 Å². The average molecular weight is 247 g/mol. The number of rotatable bonds is 4. The SMILES string of the molecule is BC(B)N[C@@](C)(O)C(=O)c1ccc2c(c1)OCO2. The van der Waals surface area contributed by atoms with Crippen LogP contribution in [0.3, 0.4) is 0 Å². The first-order valence-electron chi connectivity index (χ1n) is 5.84. The Hall–Kier alpha value is -1.46. The first-order chi connectivity index (χ1) is 8.40. The molecule has 2 N–H and O–H groups in total. The molecule has 1 heterocycles. The third-order valence-corrected chi connectivity index (χ3v) is 2.65. The Balaban J connectivity index is 2.23. The molecule has 94 valence electrons. The molecule has 2 rings (SSSR count). The molecule has 0 saturated heterocycles. The van der Waals surface area contributed by atoms with E-state index in [0.29, 0.717) is 17.1 Å². The smallest absolute Gasteiger partial charge is 0.231 e. The lowest BCUT2D eigenvalue weighted by Crippen LogP contribution is -2.54. The van der Waals surface area contributed by atoms with Gasteiger partial charge in [0.05, 0.1) is 0 Å². The van der Waals surface area contributed by atoms with Crippen LogP contribution in [0.5, 0.6) is 11.5 Å². The van der Waals surface area contributed by atoms with Crippen molar-refractivity contribution in [2.75, 3.05) is 6.79 Å². The lowest BCUT2D eigenvalue weighted by molar-refractivity contribution is 0.0246. The van der Waals surface area contributed by atoms with E-state index in [-0.39, 0.29) is 12.6 Å². The van der Waals surface area contributed by atoms with Crippen LogP contribution < -0.4 is 14.8 Å². The van der Waals surface area contributed by atoms with Crippen LogP contribution in [0, 0.1) is 0 Å². The van der Waals surface area contributed by atoms with E-state index in [9.17, 15) is 9.90 Å². The Morgan fingerprint density at radius 3 is 2.78 bits per heavy atom. The molecule has 0 bridgehead atoms. The number of carbonyl (C=O) groups is 1. The second kappa shape index (κ2) is 4.66. The molecule has 1 aromatic rings. The Labute approximate surface area is 107 Å². The summed E-state index contributed by atoms with van der Waals surface area (Å²) in [6.45, 7) is 1.60. The van der Waals surface area contributed by atoms with Crippen molar-refractivity contribution in [3.63, 3.8) is 0 Å². The van der Waals surface area contributed by atoms with Gasteiger partial charge in [-0.25, -0.2) is 0 Å². The molecule has 0 aliphatic carbocycles. The zero-order valence-electron chi connectivity index (χ0n) is 10.7. The number of hydrogen-bond acceptors (Lipinski definition) is 5. The van der Waals surface area contributed by atoms with Gasteiger partial charge in [0.15, 0.2) is 17.2 Å². The van der Waals surface area contributed by atoms with Crippen LogP contribution in [0.15, 0.2) is 18.2 Å². The molecule has 1 aliphatic rings. The molecule has 0 spiro atoms. The molecule has 7 heteroatoms. The fraction of sp³-hybridized carbons (Fsp3) is 0.364. The minimum atomic E-state index is -1.60. The van der Waals surface area contributed by atoms with Gasteiger partial charge in [0, 0.05) is 5.56 Å². The van der Waals surface area contributed by atoms with Gasteiger partial charge >= 0.3 is 0 Å². The topological polar surface area (TPSA) is 67.8 Å². The average Bonchev–Trinajstić information content (AvgIpc) is 2.72. The molecule has 1 atom stereocenters. The highest BCUT2D eigenvalue weighted by molar-refractivity contribution is 6.35.